The van der Waals surface area contributed by atoms with E-state index in [1.54, 1.807) is 29.4 Å². The molecule has 0 aliphatic heterocycles. The Bertz CT molecular complexity index is 815. The summed E-state index contributed by atoms with van der Waals surface area (Å²) < 4.78 is 3.06. The van der Waals surface area contributed by atoms with Crippen LogP contribution in [0.25, 0.3) is 6.08 Å². The summed E-state index contributed by atoms with van der Waals surface area (Å²) in [6.07, 6.45) is 7.98. The van der Waals surface area contributed by atoms with Crippen LogP contribution < -0.4 is 4.72 Å². The van der Waals surface area contributed by atoms with Gasteiger partial charge < -0.3 is 0 Å². The van der Waals surface area contributed by atoms with Gasteiger partial charge in [0.15, 0.2) is 5.78 Å². The molecule has 0 radical (unpaired) electrons. The average Bonchev–Trinajstić information content (AvgIpc) is 2.97. The lowest BCUT2D eigenvalue weighted by atomic mass is 9.74. The molecular weight excluding hydrogens is 358 g/mol. The lowest BCUT2D eigenvalue weighted by Gasteiger charge is -2.30. The second kappa shape index (κ2) is 8.12. The molecule has 1 aliphatic rings. The van der Waals surface area contributed by atoms with Crippen LogP contribution >= 0.6 is 23.3 Å². The number of carbonyl (C=O) groups excluding carboxylic acids is 1. The topological polar surface area (TPSA) is 29.1 Å². The van der Waals surface area contributed by atoms with E-state index in [2.05, 4.69) is 37.6 Å². The molecule has 3 rings (SSSR count). The number of allylic oxidation sites excluding steroid dienone is 1. The van der Waals surface area contributed by atoms with E-state index in [0.29, 0.717) is 5.41 Å². The van der Waals surface area contributed by atoms with Crippen molar-refractivity contribution in [2.24, 2.45) is 5.41 Å². The van der Waals surface area contributed by atoms with Crippen molar-refractivity contribution < 1.29 is 4.79 Å². The third-order valence-corrected chi connectivity index (χ3v) is 7.12. The zero-order valence-electron chi connectivity index (χ0n) is 16.0. The molecule has 0 saturated carbocycles. The second-order valence-corrected chi connectivity index (χ2v) is 9.77. The predicted octanol–water partition coefficient (Wildman–Crippen LogP) is 5.95. The number of benzene rings is 1. The quantitative estimate of drug-likeness (QED) is 0.378. The number of carbonyl (C=O) groups is 1. The molecule has 4 heteroatoms. The summed E-state index contributed by atoms with van der Waals surface area (Å²) in [6, 6.07) is 8.23. The molecule has 0 atom stereocenters. The van der Waals surface area contributed by atoms with Gasteiger partial charge in [0.25, 0.3) is 0 Å². The number of thiophene rings is 1. The minimum absolute atomic E-state index is 0.152. The molecule has 1 heterocycles. The van der Waals surface area contributed by atoms with Gasteiger partial charge in [0, 0.05) is 9.77 Å². The molecule has 1 aromatic carbocycles. The number of nitrogens with one attached hydrogen (secondary N) is 1. The largest absolute Gasteiger partial charge is 0.288 e. The SMILES string of the molecule is CCc1sc(C(=O)/C=C/c2ccc(SNC)cc2)c2c1CC(C)(C)CC2. The smallest absolute Gasteiger partial charge is 0.196 e. The maximum absolute atomic E-state index is 12.9. The summed E-state index contributed by atoms with van der Waals surface area (Å²) in [5.41, 5.74) is 4.18. The number of hydrogen-bond acceptors (Lipinski definition) is 4. The molecule has 1 aromatic heterocycles. The fourth-order valence-electron chi connectivity index (χ4n) is 3.55. The third kappa shape index (κ3) is 4.30. The molecule has 0 unspecified atom stereocenters. The molecule has 2 nitrogen and oxygen atoms in total. The Balaban J connectivity index is 1.81. The van der Waals surface area contributed by atoms with Crippen molar-refractivity contribution in [3.63, 3.8) is 0 Å². The molecule has 26 heavy (non-hydrogen) atoms. The summed E-state index contributed by atoms with van der Waals surface area (Å²) in [4.78, 5) is 16.4. The van der Waals surface area contributed by atoms with E-state index in [1.807, 2.05) is 25.3 Å². The molecule has 0 bridgehead atoms. The van der Waals surface area contributed by atoms with E-state index in [-0.39, 0.29) is 5.78 Å². The van der Waals surface area contributed by atoms with Crippen LogP contribution in [0.4, 0.5) is 0 Å². The van der Waals surface area contributed by atoms with E-state index in [1.165, 1.54) is 20.9 Å². The highest BCUT2D eigenvalue weighted by Crippen LogP contribution is 2.42. The van der Waals surface area contributed by atoms with E-state index in [9.17, 15) is 4.79 Å². The minimum atomic E-state index is 0.152. The normalized spacial score (nSPS) is 16.0. The van der Waals surface area contributed by atoms with Crippen LogP contribution in [0.15, 0.2) is 35.2 Å². The Morgan fingerprint density at radius 2 is 2.00 bits per heavy atom. The van der Waals surface area contributed by atoms with Crippen molar-refractivity contribution in [2.45, 2.75) is 51.3 Å². The Morgan fingerprint density at radius 1 is 1.27 bits per heavy atom. The van der Waals surface area contributed by atoms with Crippen molar-refractivity contribution in [3.05, 3.63) is 56.8 Å². The first-order valence-electron chi connectivity index (χ1n) is 9.23. The molecule has 1 N–H and O–H groups in total. The Labute approximate surface area is 165 Å². The van der Waals surface area contributed by atoms with Crippen LogP contribution in [0.5, 0.6) is 0 Å². The average molecular weight is 386 g/mol. The number of rotatable bonds is 6. The van der Waals surface area contributed by atoms with Gasteiger partial charge in [0.1, 0.15) is 0 Å². The van der Waals surface area contributed by atoms with Crippen molar-refractivity contribution in [1.29, 1.82) is 0 Å². The second-order valence-electron chi connectivity index (χ2n) is 7.58. The fraction of sp³-hybridized carbons (Fsp3) is 0.409. The Morgan fingerprint density at radius 3 is 2.65 bits per heavy atom. The van der Waals surface area contributed by atoms with Crippen molar-refractivity contribution in [2.75, 3.05) is 7.05 Å². The van der Waals surface area contributed by atoms with Gasteiger partial charge in [-0.25, -0.2) is 0 Å². The zero-order chi connectivity index (χ0) is 18.7. The monoisotopic (exact) mass is 385 g/mol. The van der Waals surface area contributed by atoms with Crippen molar-refractivity contribution in [3.8, 4) is 0 Å². The summed E-state index contributed by atoms with van der Waals surface area (Å²) in [6.45, 7) is 6.87. The van der Waals surface area contributed by atoms with Crippen LogP contribution in [0.2, 0.25) is 0 Å². The van der Waals surface area contributed by atoms with Crippen LogP contribution in [0, 0.1) is 5.41 Å². The van der Waals surface area contributed by atoms with Crippen LogP contribution in [-0.4, -0.2) is 12.8 Å². The van der Waals surface area contributed by atoms with Gasteiger partial charge in [-0.3, -0.25) is 9.52 Å². The Hall–Kier alpha value is -1.36. The fourth-order valence-corrected chi connectivity index (χ4v) is 5.28. The Kier molecular flexibility index (Phi) is 6.06. The highest BCUT2D eigenvalue weighted by molar-refractivity contribution is 7.97. The van der Waals surface area contributed by atoms with Gasteiger partial charge in [0.05, 0.1) is 4.88 Å². The van der Waals surface area contributed by atoms with Crippen LogP contribution in [0.1, 0.15) is 58.4 Å². The summed E-state index contributed by atoms with van der Waals surface area (Å²) in [5.74, 6) is 0.152. The van der Waals surface area contributed by atoms with E-state index in [0.717, 1.165) is 36.1 Å². The third-order valence-electron chi connectivity index (χ3n) is 4.98. The van der Waals surface area contributed by atoms with Gasteiger partial charge in [0.2, 0.25) is 0 Å². The van der Waals surface area contributed by atoms with Crippen LogP contribution in [0.3, 0.4) is 0 Å². The highest BCUT2D eigenvalue weighted by Gasteiger charge is 2.31. The molecule has 2 aromatic rings. The molecular formula is C22H27NOS2. The van der Waals surface area contributed by atoms with Crippen molar-refractivity contribution >= 4 is 35.1 Å². The van der Waals surface area contributed by atoms with Gasteiger partial charge in [-0.1, -0.05) is 39.0 Å². The van der Waals surface area contributed by atoms with E-state index in [4.69, 9.17) is 0 Å². The standard InChI is InChI=1S/C22H27NOS2/c1-5-20-18-14-22(2,3)13-12-17(18)21(25-20)19(24)11-8-15-6-9-16(10-7-15)26-23-4/h6-11,23H,5,12-14H2,1-4H3/b11-8+. The summed E-state index contributed by atoms with van der Waals surface area (Å²) >= 11 is 3.30. The summed E-state index contributed by atoms with van der Waals surface area (Å²) in [5, 5.41) is 0. The van der Waals surface area contributed by atoms with E-state index < -0.39 is 0 Å². The molecule has 1 aliphatic carbocycles. The minimum Gasteiger partial charge on any atom is -0.288 e. The van der Waals surface area contributed by atoms with Crippen LogP contribution in [-0.2, 0) is 19.3 Å². The van der Waals surface area contributed by atoms with Gasteiger partial charge in [-0.15, -0.1) is 11.3 Å². The van der Waals surface area contributed by atoms with E-state index >= 15 is 0 Å². The first kappa shape index (κ1) is 19.4. The summed E-state index contributed by atoms with van der Waals surface area (Å²) in [7, 11) is 1.91. The lowest BCUT2D eigenvalue weighted by molar-refractivity contribution is 0.105. The molecule has 0 spiro atoms. The number of aryl methyl sites for hydroxylation is 1. The molecule has 0 saturated heterocycles. The number of ketones is 1. The lowest BCUT2D eigenvalue weighted by Crippen LogP contribution is -2.22. The first-order valence-corrected chi connectivity index (χ1v) is 10.9. The molecule has 138 valence electrons. The van der Waals surface area contributed by atoms with Crippen molar-refractivity contribution in [1.82, 2.24) is 4.72 Å². The molecule has 0 amide bonds. The number of hydrogen-bond donors (Lipinski definition) is 1. The first-order chi connectivity index (χ1) is 12.4. The molecule has 0 fully saturated rings. The van der Waals surface area contributed by atoms with Gasteiger partial charge in [-0.2, -0.15) is 0 Å². The number of fused-ring (bicyclic) bond motifs is 1. The highest BCUT2D eigenvalue weighted by atomic mass is 32.2. The maximum Gasteiger partial charge on any atom is 0.196 e. The van der Waals surface area contributed by atoms with Gasteiger partial charge >= 0.3 is 0 Å². The maximum atomic E-state index is 12.9. The predicted molar refractivity (Wildman–Crippen MR) is 114 cm³/mol. The zero-order valence-corrected chi connectivity index (χ0v) is 17.7. The van der Waals surface area contributed by atoms with Gasteiger partial charge in [-0.05, 0) is 85.0 Å².